The highest BCUT2D eigenvalue weighted by Gasteiger charge is 2.34. The summed E-state index contributed by atoms with van der Waals surface area (Å²) < 4.78 is 4.50. The molecule has 1 fully saturated rings. The lowest BCUT2D eigenvalue weighted by Crippen LogP contribution is -2.42. The Morgan fingerprint density at radius 3 is 2.75 bits per heavy atom. The third kappa shape index (κ3) is 1.76. The average molecular weight is 173 g/mol. The molecule has 0 radical (unpaired) electrons. The number of hydrogen-bond acceptors (Lipinski definition) is 4. The number of esters is 1. The lowest BCUT2D eigenvalue weighted by atomic mass is 9.97. The first-order valence-corrected chi connectivity index (χ1v) is 4.18. The zero-order valence-electron chi connectivity index (χ0n) is 7.19. The highest BCUT2D eigenvalue weighted by Crippen LogP contribution is 2.27. The zero-order chi connectivity index (χ0) is 9.14. The second-order valence-electron chi connectivity index (χ2n) is 3.21. The van der Waals surface area contributed by atoms with Gasteiger partial charge in [0.25, 0.3) is 0 Å². The number of rotatable bonds is 2. The van der Waals surface area contributed by atoms with Gasteiger partial charge in [0, 0.05) is 5.92 Å². The minimum Gasteiger partial charge on any atom is -0.468 e. The van der Waals surface area contributed by atoms with Crippen LogP contribution in [0.3, 0.4) is 0 Å². The summed E-state index contributed by atoms with van der Waals surface area (Å²) in [5.41, 5.74) is 5.59. The molecule has 3 atom stereocenters. The summed E-state index contributed by atoms with van der Waals surface area (Å²) in [6.45, 7) is 0. The van der Waals surface area contributed by atoms with E-state index in [1.807, 2.05) is 0 Å². The first-order chi connectivity index (χ1) is 5.66. The van der Waals surface area contributed by atoms with Crippen molar-refractivity contribution in [3.63, 3.8) is 0 Å². The summed E-state index contributed by atoms with van der Waals surface area (Å²) in [7, 11) is 1.31. The molecule has 0 heterocycles. The van der Waals surface area contributed by atoms with Crippen LogP contribution in [0.4, 0.5) is 0 Å². The Morgan fingerprint density at radius 2 is 2.33 bits per heavy atom. The van der Waals surface area contributed by atoms with Crippen LogP contribution in [0.1, 0.15) is 19.3 Å². The minimum atomic E-state index is -0.660. The van der Waals surface area contributed by atoms with E-state index in [0.29, 0.717) is 0 Å². The lowest BCUT2D eigenvalue weighted by Gasteiger charge is -2.19. The van der Waals surface area contributed by atoms with E-state index < -0.39 is 18.1 Å². The van der Waals surface area contributed by atoms with Gasteiger partial charge in [-0.15, -0.1) is 0 Å². The van der Waals surface area contributed by atoms with Gasteiger partial charge < -0.3 is 15.6 Å². The molecule has 1 saturated carbocycles. The van der Waals surface area contributed by atoms with Gasteiger partial charge in [0.05, 0.1) is 13.2 Å². The average Bonchev–Trinajstić information content (AvgIpc) is 2.48. The smallest absolute Gasteiger partial charge is 0.323 e. The van der Waals surface area contributed by atoms with E-state index >= 15 is 0 Å². The fraction of sp³-hybridized carbons (Fsp3) is 0.875. The maximum Gasteiger partial charge on any atom is 0.323 e. The highest BCUT2D eigenvalue weighted by atomic mass is 16.5. The molecule has 3 unspecified atom stereocenters. The number of methoxy groups -OCH3 is 1. The van der Waals surface area contributed by atoms with Gasteiger partial charge in [-0.25, -0.2) is 0 Å². The Bertz CT molecular complexity index is 172. The van der Waals surface area contributed by atoms with Gasteiger partial charge in [0.2, 0.25) is 0 Å². The Morgan fingerprint density at radius 1 is 1.67 bits per heavy atom. The molecule has 0 aromatic carbocycles. The van der Waals surface area contributed by atoms with Crippen molar-refractivity contribution in [1.82, 2.24) is 0 Å². The largest absolute Gasteiger partial charge is 0.468 e. The van der Waals surface area contributed by atoms with E-state index in [-0.39, 0.29) is 5.92 Å². The van der Waals surface area contributed by atoms with E-state index in [1.54, 1.807) is 0 Å². The van der Waals surface area contributed by atoms with Gasteiger partial charge in [-0.3, -0.25) is 4.79 Å². The van der Waals surface area contributed by atoms with Gasteiger partial charge in [0.15, 0.2) is 0 Å². The Labute approximate surface area is 71.7 Å². The van der Waals surface area contributed by atoms with Crippen LogP contribution in [0.5, 0.6) is 0 Å². The molecule has 0 aromatic heterocycles. The second-order valence-corrected chi connectivity index (χ2v) is 3.21. The highest BCUT2D eigenvalue weighted by molar-refractivity contribution is 5.75. The summed E-state index contributed by atoms with van der Waals surface area (Å²) in [5.74, 6) is -0.543. The van der Waals surface area contributed by atoms with Crippen molar-refractivity contribution in [2.45, 2.75) is 31.4 Å². The van der Waals surface area contributed by atoms with Gasteiger partial charge in [-0.2, -0.15) is 0 Å². The monoisotopic (exact) mass is 173 g/mol. The maximum atomic E-state index is 11.0. The van der Waals surface area contributed by atoms with E-state index in [1.165, 1.54) is 7.11 Å². The van der Waals surface area contributed by atoms with E-state index in [0.717, 1.165) is 19.3 Å². The molecule has 1 aliphatic carbocycles. The Hall–Kier alpha value is -0.610. The van der Waals surface area contributed by atoms with Crippen LogP contribution in [0, 0.1) is 5.92 Å². The fourth-order valence-corrected chi connectivity index (χ4v) is 1.70. The van der Waals surface area contributed by atoms with Crippen molar-refractivity contribution in [3.8, 4) is 0 Å². The van der Waals surface area contributed by atoms with Crippen molar-refractivity contribution in [2.75, 3.05) is 7.11 Å². The molecule has 0 spiro atoms. The first kappa shape index (κ1) is 9.48. The maximum absolute atomic E-state index is 11.0. The molecule has 0 aromatic rings. The molecule has 0 bridgehead atoms. The second kappa shape index (κ2) is 3.87. The van der Waals surface area contributed by atoms with Crippen LogP contribution >= 0.6 is 0 Å². The molecule has 0 saturated heterocycles. The fourth-order valence-electron chi connectivity index (χ4n) is 1.70. The van der Waals surface area contributed by atoms with Gasteiger partial charge in [-0.1, -0.05) is 6.42 Å². The molecule has 4 heteroatoms. The molecule has 3 N–H and O–H groups in total. The predicted molar refractivity (Wildman–Crippen MR) is 43.3 cm³/mol. The van der Waals surface area contributed by atoms with Gasteiger partial charge in [0.1, 0.15) is 6.04 Å². The predicted octanol–water partition coefficient (Wildman–Crippen LogP) is -0.352. The van der Waals surface area contributed by atoms with Crippen molar-refractivity contribution < 1.29 is 14.6 Å². The number of nitrogens with two attached hydrogens (primary N) is 1. The van der Waals surface area contributed by atoms with Gasteiger partial charge >= 0.3 is 5.97 Å². The number of ether oxygens (including phenoxy) is 1. The zero-order valence-corrected chi connectivity index (χ0v) is 7.19. The molecule has 0 amide bonds. The van der Waals surface area contributed by atoms with Gasteiger partial charge in [-0.05, 0) is 12.8 Å². The summed E-state index contributed by atoms with van der Waals surface area (Å²) in [5, 5.41) is 9.42. The van der Waals surface area contributed by atoms with E-state index in [4.69, 9.17) is 5.73 Å². The summed E-state index contributed by atoms with van der Waals surface area (Å²) in [6, 6.07) is -0.660. The van der Waals surface area contributed by atoms with Crippen LogP contribution in [0.25, 0.3) is 0 Å². The molecule has 70 valence electrons. The molecular weight excluding hydrogens is 158 g/mol. The number of hydrogen-bond donors (Lipinski definition) is 2. The number of carbonyl (C=O) groups is 1. The van der Waals surface area contributed by atoms with Crippen LogP contribution in [0.15, 0.2) is 0 Å². The molecule has 1 rings (SSSR count). The standard InChI is InChI=1S/C8H15NO3/c1-12-8(11)7(9)5-3-2-4-6(5)10/h5-7,10H,2-4,9H2,1H3. The first-order valence-electron chi connectivity index (χ1n) is 4.18. The molecule has 1 aliphatic rings. The third-order valence-electron chi connectivity index (χ3n) is 2.47. The normalized spacial score (nSPS) is 31.6. The summed E-state index contributed by atoms with van der Waals surface area (Å²) in [4.78, 5) is 11.0. The Balaban J connectivity index is 2.51. The van der Waals surface area contributed by atoms with Crippen molar-refractivity contribution in [2.24, 2.45) is 11.7 Å². The van der Waals surface area contributed by atoms with Crippen molar-refractivity contribution >= 4 is 5.97 Å². The molecule has 4 nitrogen and oxygen atoms in total. The summed E-state index contributed by atoms with van der Waals surface area (Å²) >= 11 is 0. The Kier molecular flexibility index (Phi) is 3.05. The minimum absolute atomic E-state index is 0.113. The van der Waals surface area contributed by atoms with Crippen LogP contribution in [0.2, 0.25) is 0 Å². The summed E-state index contributed by atoms with van der Waals surface area (Å²) in [6.07, 6.45) is 2.07. The number of aliphatic hydroxyl groups is 1. The SMILES string of the molecule is COC(=O)C(N)C1CCCC1O. The van der Waals surface area contributed by atoms with E-state index in [9.17, 15) is 9.90 Å². The van der Waals surface area contributed by atoms with Crippen LogP contribution < -0.4 is 5.73 Å². The van der Waals surface area contributed by atoms with E-state index in [2.05, 4.69) is 4.74 Å². The molecule has 12 heavy (non-hydrogen) atoms. The van der Waals surface area contributed by atoms with Crippen LogP contribution in [-0.4, -0.2) is 30.3 Å². The van der Waals surface area contributed by atoms with Crippen molar-refractivity contribution in [3.05, 3.63) is 0 Å². The third-order valence-corrected chi connectivity index (χ3v) is 2.47. The topological polar surface area (TPSA) is 72.5 Å². The lowest BCUT2D eigenvalue weighted by molar-refractivity contribution is -0.144. The van der Waals surface area contributed by atoms with Crippen molar-refractivity contribution in [1.29, 1.82) is 0 Å². The molecule has 0 aliphatic heterocycles. The molecular formula is C8H15NO3. The quantitative estimate of drug-likeness (QED) is 0.560. The number of aliphatic hydroxyl groups excluding tert-OH is 1. The number of carbonyl (C=O) groups excluding carboxylic acids is 1. The van der Waals surface area contributed by atoms with Crippen LogP contribution in [-0.2, 0) is 9.53 Å².